The zero-order chi connectivity index (χ0) is 26.8. The first-order chi connectivity index (χ1) is 17.6. The number of rotatable bonds is 7. The van der Waals surface area contributed by atoms with Gasteiger partial charge in [-0.1, -0.05) is 58.8 Å². The second kappa shape index (κ2) is 9.94. The topological polar surface area (TPSA) is 161 Å². The van der Waals surface area contributed by atoms with Crippen LogP contribution >= 0.6 is 0 Å². The first kappa shape index (κ1) is 25.7. The van der Waals surface area contributed by atoms with Crippen LogP contribution in [0.4, 0.5) is 4.39 Å². The number of hydrogen-bond acceptors (Lipinski definition) is 7. The number of ether oxygens (including phenoxy) is 1. The molecule has 0 saturated heterocycles. The van der Waals surface area contributed by atoms with E-state index in [1.54, 1.807) is 48.5 Å². The van der Waals surface area contributed by atoms with E-state index in [0.29, 0.717) is 23.1 Å². The van der Waals surface area contributed by atoms with Crippen molar-refractivity contribution in [2.45, 2.75) is 30.3 Å². The Morgan fingerprint density at radius 1 is 0.919 bits per heavy atom. The lowest BCUT2D eigenvalue weighted by molar-refractivity contribution is 0.0800. The van der Waals surface area contributed by atoms with Gasteiger partial charge in [-0.3, -0.25) is 0 Å². The van der Waals surface area contributed by atoms with E-state index in [0.717, 1.165) is 17.7 Å². The summed E-state index contributed by atoms with van der Waals surface area (Å²) in [7, 11) is -4.03. The van der Waals surface area contributed by atoms with Crippen molar-refractivity contribution in [3.63, 3.8) is 0 Å². The molecule has 0 aromatic heterocycles. The van der Waals surface area contributed by atoms with Gasteiger partial charge < -0.3 is 26.6 Å². The lowest BCUT2D eigenvalue weighted by atomic mass is 9.93. The van der Waals surface area contributed by atoms with Crippen molar-refractivity contribution < 1.29 is 28.0 Å². The van der Waals surface area contributed by atoms with E-state index in [4.69, 9.17) is 26.6 Å². The Labute approximate surface area is 213 Å². The smallest absolute Gasteiger partial charge is 0.206 e. The zero-order valence-corrected chi connectivity index (χ0v) is 20.6. The van der Waals surface area contributed by atoms with Crippen molar-refractivity contribution in [2.24, 2.45) is 21.8 Å². The third-order valence-corrected chi connectivity index (χ3v) is 7.94. The van der Waals surface area contributed by atoms with Crippen LogP contribution in [0.15, 0.2) is 92.9 Å². The van der Waals surface area contributed by atoms with E-state index >= 15 is 0 Å². The Balaban J connectivity index is 1.73. The molecule has 1 unspecified atom stereocenters. The van der Waals surface area contributed by atoms with Gasteiger partial charge in [0.25, 0.3) is 0 Å². The van der Waals surface area contributed by atoms with Crippen molar-refractivity contribution in [1.29, 1.82) is 0 Å². The second-order valence-electron chi connectivity index (χ2n) is 8.86. The SMILES string of the molecule is CC1(Cc2ccc(/C(N)=N/O)cc2)CC(S(=O)(=O)c2ccc(F)cc2)=C(c2ccc(/C(N)=N/O)cc2)O1. The molecule has 11 heteroatoms. The maximum atomic E-state index is 13.7. The first-order valence-corrected chi connectivity index (χ1v) is 12.6. The van der Waals surface area contributed by atoms with Gasteiger partial charge in [-0.15, -0.1) is 0 Å². The lowest BCUT2D eigenvalue weighted by Gasteiger charge is -2.25. The van der Waals surface area contributed by atoms with E-state index < -0.39 is 21.3 Å². The van der Waals surface area contributed by atoms with Crippen molar-refractivity contribution in [1.82, 2.24) is 0 Å². The highest BCUT2D eigenvalue weighted by molar-refractivity contribution is 7.95. The molecule has 0 amide bonds. The number of nitrogens with two attached hydrogens (primary N) is 2. The molecule has 1 aliphatic heterocycles. The molecule has 0 spiro atoms. The Bertz CT molecular complexity index is 1500. The molecule has 0 bridgehead atoms. The van der Waals surface area contributed by atoms with Crippen LogP contribution in [0.1, 0.15) is 35.6 Å². The van der Waals surface area contributed by atoms with Crippen LogP contribution in [0.2, 0.25) is 0 Å². The fraction of sp³-hybridized carbons (Fsp3) is 0.154. The molecular formula is C26H25FN4O5S. The van der Waals surface area contributed by atoms with Crippen molar-refractivity contribution in [3.8, 4) is 0 Å². The van der Waals surface area contributed by atoms with Crippen molar-refractivity contribution in [2.75, 3.05) is 0 Å². The molecule has 1 heterocycles. The molecule has 37 heavy (non-hydrogen) atoms. The summed E-state index contributed by atoms with van der Waals surface area (Å²) in [6.07, 6.45) is 0.420. The third-order valence-electron chi connectivity index (χ3n) is 6.07. The minimum Gasteiger partial charge on any atom is -0.485 e. The molecule has 0 saturated carbocycles. The summed E-state index contributed by atoms with van der Waals surface area (Å²) in [6, 6.07) is 18.0. The van der Waals surface area contributed by atoms with Crippen LogP contribution < -0.4 is 11.5 Å². The van der Waals surface area contributed by atoms with Gasteiger partial charge >= 0.3 is 0 Å². The summed E-state index contributed by atoms with van der Waals surface area (Å²) in [5.41, 5.74) is 12.7. The largest absolute Gasteiger partial charge is 0.485 e. The Morgan fingerprint density at radius 3 is 1.95 bits per heavy atom. The Kier molecular flexibility index (Phi) is 6.90. The average molecular weight is 525 g/mol. The fourth-order valence-electron chi connectivity index (χ4n) is 4.18. The summed E-state index contributed by atoms with van der Waals surface area (Å²) in [6.45, 7) is 1.81. The third kappa shape index (κ3) is 5.26. The molecular weight excluding hydrogens is 499 g/mol. The predicted molar refractivity (Wildman–Crippen MR) is 136 cm³/mol. The number of hydrogen-bond donors (Lipinski definition) is 4. The summed E-state index contributed by atoms with van der Waals surface area (Å²) < 4.78 is 47.2. The van der Waals surface area contributed by atoms with Gasteiger partial charge in [0.2, 0.25) is 9.84 Å². The zero-order valence-electron chi connectivity index (χ0n) is 19.8. The maximum absolute atomic E-state index is 13.7. The summed E-state index contributed by atoms with van der Waals surface area (Å²) in [5, 5.41) is 23.8. The van der Waals surface area contributed by atoms with Crippen LogP contribution in [0.25, 0.3) is 5.76 Å². The van der Waals surface area contributed by atoms with Crippen molar-refractivity contribution in [3.05, 3.63) is 106 Å². The Morgan fingerprint density at radius 2 is 1.43 bits per heavy atom. The molecule has 3 aromatic rings. The average Bonchev–Trinajstić information content (AvgIpc) is 3.26. The molecule has 192 valence electrons. The number of oxime groups is 2. The number of halogens is 1. The minimum absolute atomic E-state index is 0.0261. The number of amidine groups is 2. The quantitative estimate of drug-likeness (QED) is 0.121. The monoisotopic (exact) mass is 524 g/mol. The molecule has 3 aromatic carbocycles. The summed E-state index contributed by atoms with van der Waals surface area (Å²) >= 11 is 0. The molecule has 1 atom stereocenters. The van der Waals surface area contributed by atoms with Gasteiger partial charge in [0.1, 0.15) is 17.2 Å². The summed E-state index contributed by atoms with van der Waals surface area (Å²) in [4.78, 5) is 0.0112. The van der Waals surface area contributed by atoms with E-state index in [-0.39, 0.29) is 33.7 Å². The highest BCUT2D eigenvalue weighted by Gasteiger charge is 2.43. The van der Waals surface area contributed by atoms with Gasteiger partial charge in [-0.25, -0.2) is 12.8 Å². The normalized spacial score (nSPS) is 18.6. The van der Waals surface area contributed by atoms with Crippen LogP contribution in [0, 0.1) is 5.82 Å². The number of benzene rings is 3. The molecule has 9 nitrogen and oxygen atoms in total. The lowest BCUT2D eigenvalue weighted by Crippen LogP contribution is -2.27. The molecule has 0 radical (unpaired) electrons. The van der Waals surface area contributed by atoms with Crippen LogP contribution in [-0.4, -0.2) is 36.1 Å². The van der Waals surface area contributed by atoms with Gasteiger partial charge in [0, 0.05) is 29.5 Å². The summed E-state index contributed by atoms with van der Waals surface area (Å²) in [5.74, 6) is -0.491. The number of nitrogens with zero attached hydrogens (tertiary/aromatic N) is 2. The van der Waals surface area contributed by atoms with E-state index in [1.165, 1.54) is 12.1 Å². The highest BCUT2D eigenvalue weighted by Crippen LogP contribution is 2.45. The van der Waals surface area contributed by atoms with E-state index in [9.17, 15) is 12.8 Å². The second-order valence-corrected chi connectivity index (χ2v) is 10.8. The predicted octanol–water partition coefficient (Wildman–Crippen LogP) is 3.58. The molecule has 6 N–H and O–H groups in total. The minimum atomic E-state index is -4.03. The van der Waals surface area contributed by atoms with E-state index in [2.05, 4.69) is 10.3 Å². The van der Waals surface area contributed by atoms with Gasteiger partial charge in [0.05, 0.1) is 9.80 Å². The van der Waals surface area contributed by atoms with Crippen molar-refractivity contribution >= 4 is 27.3 Å². The van der Waals surface area contributed by atoms with Crippen LogP contribution in [-0.2, 0) is 21.0 Å². The number of sulfone groups is 1. The van der Waals surface area contributed by atoms with Crippen LogP contribution in [0.3, 0.4) is 0 Å². The maximum Gasteiger partial charge on any atom is 0.206 e. The molecule has 1 aliphatic rings. The highest BCUT2D eigenvalue weighted by atomic mass is 32.2. The van der Waals surface area contributed by atoms with Gasteiger partial charge in [0.15, 0.2) is 11.7 Å². The van der Waals surface area contributed by atoms with Crippen LogP contribution in [0.5, 0.6) is 0 Å². The molecule has 0 fully saturated rings. The standard InChI is InChI=1S/C26H25FN4O5S/c1-26(14-16-2-4-18(5-3-16)24(28)30-32)15-22(37(34,35)21-12-10-20(27)11-13-21)23(36-26)17-6-8-19(9-7-17)25(29)31-33/h2-13,32-33H,14-15H2,1H3,(H2,28,30)(H2,29,31). The fourth-order valence-corrected chi connectivity index (χ4v) is 5.86. The molecule has 0 aliphatic carbocycles. The van der Waals surface area contributed by atoms with Gasteiger partial charge in [-0.2, -0.15) is 0 Å². The van der Waals surface area contributed by atoms with E-state index in [1.807, 2.05) is 6.92 Å². The Hall–Kier alpha value is -4.38. The first-order valence-electron chi connectivity index (χ1n) is 11.1. The van der Waals surface area contributed by atoms with Gasteiger partial charge in [-0.05, 0) is 36.8 Å². The molecule has 4 rings (SSSR count).